The fourth-order valence-electron chi connectivity index (χ4n) is 2.50. The van der Waals surface area contributed by atoms with Crippen LogP contribution < -0.4 is 31.6 Å². The minimum Gasteiger partial charge on any atom is -0.872 e. The lowest BCUT2D eigenvalue weighted by Crippen LogP contribution is -2.08. The molecule has 0 radical (unpaired) electrons. The van der Waals surface area contributed by atoms with Crippen LogP contribution in [-0.2, 0) is 0 Å². The molecule has 2 aromatic heterocycles. The number of carboxylic acid groups (broad SMARTS) is 2. The van der Waals surface area contributed by atoms with E-state index in [0.717, 1.165) is 0 Å². The van der Waals surface area contributed by atoms with E-state index in [1.165, 1.54) is 59.7 Å². The Labute approximate surface area is 208 Å². The number of aryl methyl sites for hydroxylation is 2. The van der Waals surface area contributed by atoms with E-state index >= 15 is 0 Å². The van der Waals surface area contributed by atoms with E-state index < -0.39 is 23.4 Å². The van der Waals surface area contributed by atoms with Gasteiger partial charge < -0.3 is 20.4 Å². The zero-order valence-electron chi connectivity index (χ0n) is 19.8. The second-order valence-corrected chi connectivity index (χ2v) is 7.25. The van der Waals surface area contributed by atoms with Gasteiger partial charge in [0.25, 0.3) is 11.6 Å². The summed E-state index contributed by atoms with van der Waals surface area (Å²) in [5.74, 6) is -1.82. The fraction of sp³-hybridized carbons (Fsp3) is 0.0769. The number of benzene rings is 2. The molecule has 0 spiro atoms. The van der Waals surface area contributed by atoms with Crippen molar-refractivity contribution in [3.8, 4) is 11.5 Å². The number of para-hydroxylation sites is 2. The van der Waals surface area contributed by atoms with Crippen LogP contribution in [0, 0.1) is 13.8 Å². The zero-order valence-corrected chi connectivity index (χ0v) is 19.8. The highest BCUT2D eigenvalue weighted by atomic mass is 16.4. The summed E-state index contributed by atoms with van der Waals surface area (Å²) in [4.78, 5) is 26.1. The van der Waals surface area contributed by atoms with Crippen LogP contribution in [0.5, 0.6) is 11.5 Å². The summed E-state index contributed by atoms with van der Waals surface area (Å²) in [5.41, 5.74) is 12.8. The second-order valence-electron chi connectivity index (χ2n) is 7.25. The van der Waals surface area contributed by atoms with Crippen molar-refractivity contribution in [1.29, 1.82) is 0 Å². The summed E-state index contributed by atoms with van der Waals surface area (Å²) >= 11 is 0. The standard InChI is InChI=1S/2C7H6O3.2C6H8N2/c2*8-6-4-2-1-3-5(6)7(9)10;2*1-5-2-3-8-6(7)4-5/h2*1-4,8H,(H,9,10);2*2-4H,1H3,(H2,7,8). The number of carbonyl (C=O) groups is 2. The topological polar surface area (TPSA) is 201 Å². The predicted octanol–water partition coefficient (Wildman–Crippen LogP) is 1.70. The van der Waals surface area contributed by atoms with Gasteiger partial charge in [-0.15, -0.1) is 0 Å². The molecule has 0 fully saturated rings. The normalized spacial score (nSPS) is 9.17. The van der Waals surface area contributed by atoms with Gasteiger partial charge in [0, 0.05) is 12.1 Å². The molecule has 0 saturated carbocycles. The van der Waals surface area contributed by atoms with E-state index in [9.17, 15) is 19.8 Å². The molecule has 10 nitrogen and oxygen atoms in total. The summed E-state index contributed by atoms with van der Waals surface area (Å²) in [6.07, 6.45) is 3.65. The van der Waals surface area contributed by atoms with Crippen molar-refractivity contribution in [2.45, 2.75) is 13.8 Å². The Morgan fingerprint density at radius 2 is 1.00 bits per heavy atom. The molecular weight excluding hydrogens is 464 g/mol. The van der Waals surface area contributed by atoms with Gasteiger partial charge in [-0.25, -0.2) is 19.6 Å². The molecule has 0 bridgehead atoms. The van der Waals surface area contributed by atoms with Crippen molar-refractivity contribution >= 4 is 23.6 Å². The maximum atomic E-state index is 10.7. The smallest absolute Gasteiger partial charge is 0.335 e. The van der Waals surface area contributed by atoms with Crippen LogP contribution in [0.4, 0.5) is 11.6 Å². The molecule has 0 amide bonds. The number of aromatic amines is 2. The van der Waals surface area contributed by atoms with Gasteiger partial charge in [-0.2, -0.15) is 0 Å². The van der Waals surface area contributed by atoms with Gasteiger partial charge >= 0.3 is 11.9 Å². The lowest BCUT2D eigenvalue weighted by molar-refractivity contribution is -0.360. The molecule has 188 valence electrons. The van der Waals surface area contributed by atoms with Crippen molar-refractivity contribution in [2.24, 2.45) is 0 Å². The molecule has 0 aliphatic rings. The van der Waals surface area contributed by atoms with Crippen LogP contribution in [-0.4, -0.2) is 22.2 Å². The number of carboxylic acids is 2. The first-order valence-electron chi connectivity index (χ1n) is 10.5. The minimum absolute atomic E-state index is 0.178. The first kappa shape index (κ1) is 28.9. The first-order valence-corrected chi connectivity index (χ1v) is 10.5. The van der Waals surface area contributed by atoms with E-state index in [-0.39, 0.29) is 11.1 Å². The number of nitrogens with one attached hydrogen (secondary N) is 2. The van der Waals surface area contributed by atoms with E-state index in [1.54, 1.807) is 0 Å². The molecule has 2 aromatic carbocycles. The van der Waals surface area contributed by atoms with Crippen LogP contribution in [0.1, 0.15) is 31.8 Å². The monoisotopic (exact) mass is 492 g/mol. The van der Waals surface area contributed by atoms with E-state index in [1.807, 2.05) is 50.5 Å². The molecule has 4 rings (SSSR count). The average molecular weight is 493 g/mol. The fourth-order valence-corrected chi connectivity index (χ4v) is 2.50. The highest BCUT2D eigenvalue weighted by Gasteiger charge is 2.00. The molecule has 8 N–H and O–H groups in total. The Bertz CT molecular complexity index is 1150. The molecular formula is C26H28N4O6. The summed E-state index contributed by atoms with van der Waals surface area (Å²) in [7, 11) is 0. The summed E-state index contributed by atoms with van der Waals surface area (Å²) in [6.45, 7) is 4.01. The third-order valence-electron chi connectivity index (χ3n) is 4.19. The van der Waals surface area contributed by atoms with Crippen molar-refractivity contribution in [3.05, 3.63) is 107 Å². The Morgan fingerprint density at radius 3 is 1.19 bits per heavy atom. The van der Waals surface area contributed by atoms with Gasteiger partial charge in [0.1, 0.15) is 0 Å². The quantitative estimate of drug-likeness (QED) is 0.323. The van der Waals surface area contributed by atoms with Gasteiger partial charge in [0.2, 0.25) is 0 Å². The number of anilines is 2. The van der Waals surface area contributed by atoms with E-state index in [2.05, 4.69) is 9.97 Å². The van der Waals surface area contributed by atoms with Crippen LogP contribution in [0.15, 0.2) is 85.2 Å². The van der Waals surface area contributed by atoms with Gasteiger partial charge in [0.05, 0.1) is 23.5 Å². The van der Waals surface area contributed by atoms with Gasteiger partial charge in [-0.3, -0.25) is 11.5 Å². The number of hydrogen-bond acceptors (Lipinski definition) is 6. The number of rotatable bonds is 2. The number of aromatic nitrogens is 2. The van der Waals surface area contributed by atoms with Crippen LogP contribution in [0.3, 0.4) is 0 Å². The summed E-state index contributed by atoms with van der Waals surface area (Å²) in [5, 5.41) is 38.1. The largest absolute Gasteiger partial charge is 0.872 e. The molecule has 0 saturated heterocycles. The predicted molar refractivity (Wildman–Crippen MR) is 130 cm³/mol. The summed E-state index contributed by atoms with van der Waals surface area (Å²) < 4.78 is 0. The molecule has 10 heteroatoms. The zero-order chi connectivity index (χ0) is 27.1. The first-order chi connectivity index (χ1) is 17.0. The summed E-state index contributed by atoms with van der Waals surface area (Å²) in [6, 6.07) is 18.8. The number of nitrogen functional groups attached to an aromatic ring is 2. The highest BCUT2D eigenvalue weighted by molar-refractivity contribution is 5.90. The third kappa shape index (κ3) is 11.1. The van der Waals surface area contributed by atoms with Gasteiger partial charge in [-0.1, -0.05) is 47.9 Å². The van der Waals surface area contributed by atoms with Crippen molar-refractivity contribution in [3.63, 3.8) is 0 Å². The number of aromatic carboxylic acids is 2. The van der Waals surface area contributed by atoms with Crippen molar-refractivity contribution < 1.29 is 40.0 Å². The van der Waals surface area contributed by atoms with Gasteiger partial charge in [0.15, 0.2) is 0 Å². The van der Waals surface area contributed by atoms with Crippen LogP contribution in [0.2, 0.25) is 0 Å². The average Bonchev–Trinajstić information content (AvgIpc) is 2.80. The Balaban J connectivity index is 0.000000241. The van der Waals surface area contributed by atoms with Crippen LogP contribution in [0.25, 0.3) is 0 Å². The SMILES string of the molecule is Cc1cc[nH+]c(N)c1.Cc1cc[nH+]c(N)c1.O=C(O)c1ccccc1[O-].O=C(O)c1ccccc1[O-]. The second kappa shape index (κ2) is 14.9. The lowest BCUT2D eigenvalue weighted by Gasteiger charge is -2.07. The van der Waals surface area contributed by atoms with Gasteiger partial charge in [-0.05, 0) is 49.2 Å². The number of H-pyrrole nitrogens is 2. The van der Waals surface area contributed by atoms with Crippen molar-refractivity contribution in [2.75, 3.05) is 11.5 Å². The maximum Gasteiger partial charge on any atom is 0.335 e. The Hall–Kier alpha value is -5.12. The van der Waals surface area contributed by atoms with Crippen molar-refractivity contribution in [1.82, 2.24) is 0 Å². The Kier molecular flexibility index (Phi) is 12.0. The molecule has 0 unspecified atom stereocenters. The number of hydrogen-bond donors (Lipinski definition) is 4. The molecule has 0 aliphatic heterocycles. The lowest BCUT2D eigenvalue weighted by atomic mass is 10.2. The minimum atomic E-state index is -1.18. The molecule has 0 aliphatic carbocycles. The Morgan fingerprint density at radius 1 is 0.667 bits per heavy atom. The maximum absolute atomic E-state index is 10.7. The third-order valence-corrected chi connectivity index (χ3v) is 4.19. The highest BCUT2D eigenvalue weighted by Crippen LogP contribution is 2.11. The van der Waals surface area contributed by atoms with E-state index in [0.29, 0.717) is 11.6 Å². The van der Waals surface area contributed by atoms with Crippen LogP contribution >= 0.6 is 0 Å². The van der Waals surface area contributed by atoms with E-state index in [4.69, 9.17) is 21.7 Å². The number of nitrogens with two attached hydrogens (primary N) is 2. The molecule has 0 atom stereocenters. The molecule has 2 heterocycles. The molecule has 36 heavy (non-hydrogen) atoms. The number of pyridine rings is 2. The molecule has 4 aromatic rings.